The molecule has 0 fully saturated rings. The van der Waals surface area contributed by atoms with E-state index in [9.17, 15) is 0 Å². The molecule has 0 aromatic heterocycles. The van der Waals surface area contributed by atoms with Crippen molar-refractivity contribution in [2.75, 3.05) is 37.1 Å². The molecule has 0 unspecified atom stereocenters. The third-order valence-corrected chi connectivity index (χ3v) is 2.82. The SMILES string of the molecule is CNc1cc2ccccc2c(NC)c1NC. The van der Waals surface area contributed by atoms with Gasteiger partial charge in [0.05, 0.1) is 17.1 Å². The van der Waals surface area contributed by atoms with E-state index in [4.69, 9.17) is 0 Å². The Morgan fingerprint density at radius 3 is 2.12 bits per heavy atom. The molecule has 0 aliphatic carbocycles. The van der Waals surface area contributed by atoms with Gasteiger partial charge < -0.3 is 16.0 Å². The molecule has 0 heterocycles. The second-order valence-electron chi connectivity index (χ2n) is 3.65. The first-order chi connectivity index (χ1) is 7.81. The summed E-state index contributed by atoms with van der Waals surface area (Å²) in [6.45, 7) is 0. The van der Waals surface area contributed by atoms with Crippen molar-refractivity contribution in [1.82, 2.24) is 0 Å². The molecule has 0 aliphatic heterocycles. The zero-order valence-corrected chi connectivity index (χ0v) is 9.89. The lowest BCUT2D eigenvalue weighted by Gasteiger charge is -2.16. The van der Waals surface area contributed by atoms with Gasteiger partial charge >= 0.3 is 0 Å². The van der Waals surface area contributed by atoms with Crippen LogP contribution in [0.1, 0.15) is 0 Å². The first-order valence-electron chi connectivity index (χ1n) is 5.40. The molecule has 3 heteroatoms. The van der Waals surface area contributed by atoms with Crippen molar-refractivity contribution in [3.63, 3.8) is 0 Å². The number of nitrogens with one attached hydrogen (secondary N) is 3. The Balaban J connectivity index is 2.82. The molecule has 2 aromatic carbocycles. The molecular formula is C13H17N3. The minimum atomic E-state index is 1.10. The molecule has 0 saturated heterocycles. The molecular weight excluding hydrogens is 198 g/mol. The van der Waals surface area contributed by atoms with Gasteiger partial charge in [0.1, 0.15) is 0 Å². The van der Waals surface area contributed by atoms with E-state index in [2.05, 4.69) is 46.3 Å². The Morgan fingerprint density at radius 1 is 0.812 bits per heavy atom. The Morgan fingerprint density at radius 2 is 1.50 bits per heavy atom. The normalized spacial score (nSPS) is 10.2. The topological polar surface area (TPSA) is 36.1 Å². The van der Waals surface area contributed by atoms with Crippen LogP contribution in [0.15, 0.2) is 30.3 Å². The summed E-state index contributed by atoms with van der Waals surface area (Å²) in [5.74, 6) is 0. The summed E-state index contributed by atoms with van der Waals surface area (Å²) in [5, 5.41) is 12.2. The van der Waals surface area contributed by atoms with Crippen molar-refractivity contribution in [2.24, 2.45) is 0 Å². The van der Waals surface area contributed by atoms with Gasteiger partial charge in [-0.05, 0) is 11.5 Å². The van der Waals surface area contributed by atoms with E-state index in [0.29, 0.717) is 0 Å². The van der Waals surface area contributed by atoms with E-state index in [-0.39, 0.29) is 0 Å². The van der Waals surface area contributed by atoms with Crippen LogP contribution < -0.4 is 16.0 Å². The third-order valence-electron chi connectivity index (χ3n) is 2.82. The van der Waals surface area contributed by atoms with Crippen molar-refractivity contribution < 1.29 is 0 Å². The van der Waals surface area contributed by atoms with Gasteiger partial charge in [0.15, 0.2) is 0 Å². The average molecular weight is 215 g/mol. The quantitative estimate of drug-likeness (QED) is 0.736. The van der Waals surface area contributed by atoms with Gasteiger partial charge in [0.2, 0.25) is 0 Å². The minimum absolute atomic E-state index is 1.10. The highest BCUT2D eigenvalue weighted by molar-refractivity contribution is 6.05. The van der Waals surface area contributed by atoms with Crippen LogP contribution in [-0.4, -0.2) is 21.1 Å². The molecule has 84 valence electrons. The molecule has 0 atom stereocenters. The Hall–Kier alpha value is -1.90. The van der Waals surface area contributed by atoms with E-state index in [0.717, 1.165) is 17.1 Å². The van der Waals surface area contributed by atoms with E-state index >= 15 is 0 Å². The van der Waals surface area contributed by atoms with Crippen molar-refractivity contribution in [1.29, 1.82) is 0 Å². The van der Waals surface area contributed by atoms with Crippen molar-refractivity contribution in [3.05, 3.63) is 30.3 Å². The summed E-state index contributed by atoms with van der Waals surface area (Å²) < 4.78 is 0. The second-order valence-corrected chi connectivity index (χ2v) is 3.65. The number of anilines is 3. The maximum atomic E-state index is 3.26. The number of hydrogen-bond acceptors (Lipinski definition) is 3. The van der Waals surface area contributed by atoms with E-state index < -0.39 is 0 Å². The zero-order valence-electron chi connectivity index (χ0n) is 9.89. The van der Waals surface area contributed by atoms with Crippen LogP contribution in [0.5, 0.6) is 0 Å². The van der Waals surface area contributed by atoms with Crippen LogP contribution >= 0.6 is 0 Å². The molecule has 2 rings (SSSR count). The first-order valence-corrected chi connectivity index (χ1v) is 5.40. The van der Waals surface area contributed by atoms with E-state index in [1.807, 2.05) is 21.1 Å². The number of rotatable bonds is 3. The lowest BCUT2D eigenvalue weighted by molar-refractivity contribution is 1.44. The van der Waals surface area contributed by atoms with E-state index in [1.165, 1.54) is 10.8 Å². The summed E-state index contributed by atoms with van der Waals surface area (Å²) in [5.41, 5.74) is 3.33. The van der Waals surface area contributed by atoms with Crippen molar-refractivity contribution in [3.8, 4) is 0 Å². The van der Waals surface area contributed by atoms with Crippen LogP contribution in [-0.2, 0) is 0 Å². The minimum Gasteiger partial charge on any atom is -0.386 e. The summed E-state index contributed by atoms with van der Waals surface area (Å²) in [4.78, 5) is 0. The highest BCUT2D eigenvalue weighted by Gasteiger charge is 2.09. The maximum absolute atomic E-state index is 3.26. The van der Waals surface area contributed by atoms with Gasteiger partial charge in [-0.3, -0.25) is 0 Å². The Bertz CT molecular complexity index is 506. The fourth-order valence-electron chi connectivity index (χ4n) is 2.06. The van der Waals surface area contributed by atoms with Crippen LogP contribution in [0.2, 0.25) is 0 Å². The highest BCUT2D eigenvalue weighted by Crippen LogP contribution is 2.37. The van der Waals surface area contributed by atoms with Crippen LogP contribution in [0.4, 0.5) is 17.1 Å². The molecule has 16 heavy (non-hydrogen) atoms. The van der Waals surface area contributed by atoms with Gasteiger partial charge in [-0.2, -0.15) is 0 Å². The monoisotopic (exact) mass is 215 g/mol. The average Bonchev–Trinajstić information content (AvgIpc) is 2.36. The fourth-order valence-corrected chi connectivity index (χ4v) is 2.06. The van der Waals surface area contributed by atoms with Gasteiger partial charge in [-0.15, -0.1) is 0 Å². The van der Waals surface area contributed by atoms with Gasteiger partial charge in [0, 0.05) is 26.5 Å². The third kappa shape index (κ3) is 1.54. The predicted octanol–water partition coefficient (Wildman–Crippen LogP) is 2.96. The molecule has 0 spiro atoms. The van der Waals surface area contributed by atoms with E-state index in [1.54, 1.807) is 0 Å². The standard InChI is InChI=1S/C13H17N3/c1-14-11-8-9-6-4-5-7-10(9)12(15-2)13(11)16-3/h4-8,14-16H,1-3H3. The van der Waals surface area contributed by atoms with Gasteiger partial charge in [0.25, 0.3) is 0 Å². The molecule has 3 N–H and O–H groups in total. The molecule has 0 bridgehead atoms. The summed E-state index contributed by atoms with van der Waals surface area (Å²) >= 11 is 0. The molecule has 0 aliphatic rings. The number of benzene rings is 2. The second kappa shape index (κ2) is 4.31. The predicted molar refractivity (Wildman–Crippen MR) is 72.6 cm³/mol. The zero-order chi connectivity index (χ0) is 11.5. The molecule has 0 saturated carbocycles. The van der Waals surface area contributed by atoms with Crippen molar-refractivity contribution in [2.45, 2.75) is 0 Å². The summed E-state index contributed by atoms with van der Waals surface area (Å²) in [7, 11) is 5.82. The largest absolute Gasteiger partial charge is 0.386 e. The van der Waals surface area contributed by atoms with Crippen LogP contribution in [0, 0.1) is 0 Å². The van der Waals surface area contributed by atoms with Gasteiger partial charge in [-0.1, -0.05) is 24.3 Å². The van der Waals surface area contributed by atoms with Crippen LogP contribution in [0.25, 0.3) is 10.8 Å². The Kier molecular flexibility index (Phi) is 2.86. The molecule has 2 aromatic rings. The molecule has 0 amide bonds. The summed E-state index contributed by atoms with van der Waals surface area (Å²) in [6.07, 6.45) is 0. The molecule has 0 radical (unpaired) electrons. The lowest BCUT2D eigenvalue weighted by Crippen LogP contribution is -2.02. The Labute approximate surface area is 95.9 Å². The smallest absolute Gasteiger partial charge is 0.0815 e. The van der Waals surface area contributed by atoms with Gasteiger partial charge in [-0.25, -0.2) is 0 Å². The summed E-state index contributed by atoms with van der Waals surface area (Å²) in [6, 6.07) is 10.5. The number of fused-ring (bicyclic) bond motifs is 1. The van der Waals surface area contributed by atoms with Crippen molar-refractivity contribution >= 4 is 27.8 Å². The maximum Gasteiger partial charge on any atom is 0.0815 e. The number of hydrogen-bond donors (Lipinski definition) is 3. The lowest BCUT2D eigenvalue weighted by atomic mass is 10.1. The van der Waals surface area contributed by atoms with Crippen LogP contribution in [0.3, 0.4) is 0 Å². The highest BCUT2D eigenvalue weighted by atomic mass is 15.0. The fraction of sp³-hybridized carbons (Fsp3) is 0.231. The molecule has 3 nitrogen and oxygen atoms in total. The first kappa shape index (κ1) is 10.6.